The van der Waals surface area contributed by atoms with Crippen LogP contribution >= 0.6 is 0 Å². The van der Waals surface area contributed by atoms with Crippen molar-refractivity contribution in [1.29, 1.82) is 5.26 Å². The summed E-state index contributed by atoms with van der Waals surface area (Å²) in [6.07, 6.45) is 3.82. The van der Waals surface area contributed by atoms with Crippen LogP contribution in [0.15, 0.2) is 24.3 Å². The Morgan fingerprint density at radius 2 is 2.14 bits per heavy atom. The predicted octanol–water partition coefficient (Wildman–Crippen LogP) is 2.43. The molecule has 2 rings (SSSR count). The van der Waals surface area contributed by atoms with Gasteiger partial charge in [0.2, 0.25) is 5.91 Å². The fourth-order valence-electron chi connectivity index (χ4n) is 2.91. The van der Waals surface area contributed by atoms with E-state index in [2.05, 4.69) is 6.07 Å². The molecule has 4 nitrogen and oxygen atoms in total. The van der Waals surface area contributed by atoms with Crippen molar-refractivity contribution in [2.24, 2.45) is 11.1 Å². The van der Waals surface area contributed by atoms with Crippen molar-refractivity contribution in [2.75, 3.05) is 13.1 Å². The van der Waals surface area contributed by atoms with Crippen LogP contribution < -0.4 is 5.73 Å². The van der Waals surface area contributed by atoms with E-state index in [-0.39, 0.29) is 11.3 Å². The van der Waals surface area contributed by atoms with E-state index < -0.39 is 0 Å². The minimum absolute atomic E-state index is 0.0270. The molecule has 21 heavy (non-hydrogen) atoms. The van der Waals surface area contributed by atoms with Gasteiger partial charge >= 0.3 is 0 Å². The number of nitrogens with zero attached hydrogens (tertiary/aromatic N) is 2. The maximum Gasteiger partial charge on any atom is 0.223 e. The summed E-state index contributed by atoms with van der Waals surface area (Å²) in [6.45, 7) is 3.72. The Labute approximate surface area is 126 Å². The van der Waals surface area contributed by atoms with E-state index in [4.69, 9.17) is 11.0 Å². The van der Waals surface area contributed by atoms with E-state index in [9.17, 15) is 4.79 Å². The lowest BCUT2D eigenvalue weighted by molar-refractivity contribution is -0.135. The first kappa shape index (κ1) is 15.5. The summed E-state index contributed by atoms with van der Waals surface area (Å²) in [4.78, 5) is 14.4. The molecule has 0 saturated heterocycles. The Bertz CT molecular complexity index is 538. The first-order valence-corrected chi connectivity index (χ1v) is 7.60. The molecule has 0 bridgehead atoms. The summed E-state index contributed by atoms with van der Waals surface area (Å²) < 4.78 is 0. The molecular formula is C17H23N3O. The molecule has 1 fully saturated rings. The quantitative estimate of drug-likeness (QED) is 0.872. The van der Waals surface area contributed by atoms with E-state index in [0.717, 1.165) is 18.4 Å². The van der Waals surface area contributed by atoms with Crippen molar-refractivity contribution in [3.8, 4) is 6.07 Å². The number of rotatable bonds is 6. The monoisotopic (exact) mass is 285 g/mol. The highest BCUT2D eigenvalue weighted by atomic mass is 16.2. The lowest BCUT2D eigenvalue weighted by Gasteiger charge is -2.41. The Hall–Kier alpha value is -1.86. The molecule has 0 radical (unpaired) electrons. The van der Waals surface area contributed by atoms with Crippen molar-refractivity contribution in [3.05, 3.63) is 35.4 Å². The number of benzene rings is 1. The molecule has 1 amide bonds. The molecule has 1 aliphatic carbocycles. The van der Waals surface area contributed by atoms with Crippen molar-refractivity contribution in [2.45, 2.75) is 39.2 Å². The van der Waals surface area contributed by atoms with Crippen LogP contribution in [0.1, 0.15) is 43.7 Å². The van der Waals surface area contributed by atoms with Gasteiger partial charge in [0, 0.05) is 19.5 Å². The largest absolute Gasteiger partial charge is 0.339 e. The lowest BCUT2D eigenvalue weighted by atomic mass is 9.66. The first-order chi connectivity index (χ1) is 10.1. The van der Waals surface area contributed by atoms with Gasteiger partial charge in [-0.15, -0.1) is 0 Å². The fraction of sp³-hybridized carbons (Fsp3) is 0.529. The highest BCUT2D eigenvalue weighted by Crippen LogP contribution is 2.43. The highest BCUT2D eigenvalue weighted by Gasteiger charge is 2.38. The summed E-state index contributed by atoms with van der Waals surface area (Å²) in [7, 11) is 0. The van der Waals surface area contributed by atoms with Gasteiger partial charge in [0.15, 0.2) is 0 Å². The van der Waals surface area contributed by atoms with Crippen molar-refractivity contribution in [1.82, 2.24) is 4.90 Å². The molecule has 0 aromatic heterocycles. The van der Waals surface area contributed by atoms with Crippen LogP contribution in [0.5, 0.6) is 0 Å². The van der Waals surface area contributed by atoms with E-state index in [0.29, 0.717) is 31.6 Å². The van der Waals surface area contributed by atoms with Gasteiger partial charge in [0.1, 0.15) is 0 Å². The van der Waals surface area contributed by atoms with Crippen LogP contribution in [0.25, 0.3) is 0 Å². The zero-order valence-electron chi connectivity index (χ0n) is 12.6. The molecule has 2 N–H and O–H groups in total. The van der Waals surface area contributed by atoms with E-state index in [1.54, 1.807) is 6.07 Å². The normalized spacial score (nSPS) is 15.9. The van der Waals surface area contributed by atoms with Crippen LogP contribution in [-0.4, -0.2) is 23.9 Å². The summed E-state index contributed by atoms with van der Waals surface area (Å²) in [5.74, 6) is 0.149. The van der Waals surface area contributed by atoms with Gasteiger partial charge in [-0.1, -0.05) is 24.6 Å². The average Bonchev–Trinajstić information content (AvgIpc) is 2.48. The standard InChI is InChI=1S/C17H23N3O/c1-2-20(12-15-7-4-3-6-14(15)11-18)16(21)10-17(13-19)8-5-9-17/h3-4,6-7H,2,5,8-10,12-13,19H2,1H3. The molecule has 0 aliphatic heterocycles. The summed E-state index contributed by atoms with van der Waals surface area (Å²) >= 11 is 0. The molecular weight excluding hydrogens is 262 g/mol. The SMILES string of the molecule is CCN(Cc1ccccc1C#N)C(=O)CC1(CN)CCC1. The third-order valence-corrected chi connectivity index (χ3v) is 4.61. The fourth-order valence-corrected chi connectivity index (χ4v) is 2.91. The minimum Gasteiger partial charge on any atom is -0.339 e. The number of amides is 1. The van der Waals surface area contributed by atoms with Crippen LogP contribution in [0, 0.1) is 16.7 Å². The molecule has 4 heteroatoms. The number of nitriles is 1. The van der Waals surface area contributed by atoms with Crippen LogP contribution in [-0.2, 0) is 11.3 Å². The van der Waals surface area contributed by atoms with Crippen molar-refractivity contribution >= 4 is 5.91 Å². The van der Waals surface area contributed by atoms with Gasteiger partial charge in [-0.05, 0) is 43.4 Å². The van der Waals surface area contributed by atoms with Gasteiger partial charge in [0.05, 0.1) is 11.6 Å². The first-order valence-electron chi connectivity index (χ1n) is 7.60. The zero-order valence-corrected chi connectivity index (χ0v) is 12.6. The van der Waals surface area contributed by atoms with Crippen LogP contribution in [0.2, 0.25) is 0 Å². The van der Waals surface area contributed by atoms with Gasteiger partial charge in [-0.3, -0.25) is 4.79 Å². The molecule has 112 valence electrons. The maximum absolute atomic E-state index is 12.5. The Morgan fingerprint density at radius 1 is 1.43 bits per heavy atom. The van der Waals surface area contributed by atoms with E-state index in [1.165, 1.54) is 6.42 Å². The highest BCUT2D eigenvalue weighted by molar-refractivity contribution is 5.77. The maximum atomic E-state index is 12.5. The molecule has 0 spiro atoms. The van der Waals surface area contributed by atoms with Gasteiger partial charge in [-0.25, -0.2) is 0 Å². The van der Waals surface area contributed by atoms with Crippen molar-refractivity contribution < 1.29 is 4.79 Å². The zero-order chi connectivity index (χ0) is 15.3. The molecule has 1 aromatic rings. The molecule has 1 saturated carbocycles. The molecule has 0 atom stereocenters. The van der Waals surface area contributed by atoms with Crippen LogP contribution in [0.3, 0.4) is 0 Å². The third-order valence-electron chi connectivity index (χ3n) is 4.61. The number of carbonyl (C=O) groups is 1. The minimum atomic E-state index is 0.0270. The second kappa shape index (κ2) is 6.73. The smallest absolute Gasteiger partial charge is 0.223 e. The lowest BCUT2D eigenvalue weighted by Crippen LogP contribution is -2.43. The predicted molar refractivity (Wildman–Crippen MR) is 82.2 cm³/mol. The Balaban J connectivity index is 2.06. The number of carbonyl (C=O) groups excluding carboxylic acids is 1. The molecule has 1 aliphatic rings. The van der Waals surface area contributed by atoms with Gasteiger partial charge in [0.25, 0.3) is 0 Å². The van der Waals surface area contributed by atoms with Crippen LogP contribution in [0.4, 0.5) is 0 Å². The van der Waals surface area contributed by atoms with E-state index >= 15 is 0 Å². The average molecular weight is 285 g/mol. The summed E-state index contributed by atoms with van der Waals surface area (Å²) in [5.41, 5.74) is 7.42. The van der Waals surface area contributed by atoms with E-state index in [1.807, 2.05) is 30.0 Å². The molecule has 0 heterocycles. The molecule has 0 unspecified atom stereocenters. The second-order valence-electron chi connectivity index (χ2n) is 5.91. The number of hydrogen-bond acceptors (Lipinski definition) is 3. The van der Waals surface area contributed by atoms with Gasteiger partial charge < -0.3 is 10.6 Å². The topological polar surface area (TPSA) is 70.1 Å². The Morgan fingerprint density at radius 3 is 2.67 bits per heavy atom. The number of hydrogen-bond donors (Lipinski definition) is 1. The summed E-state index contributed by atoms with van der Waals surface area (Å²) in [6, 6.07) is 9.64. The number of nitrogens with two attached hydrogens (primary N) is 1. The Kier molecular flexibility index (Phi) is 4.98. The van der Waals surface area contributed by atoms with Gasteiger partial charge in [-0.2, -0.15) is 5.26 Å². The molecule has 1 aromatic carbocycles. The summed E-state index contributed by atoms with van der Waals surface area (Å²) in [5, 5.41) is 9.14. The van der Waals surface area contributed by atoms with Crippen molar-refractivity contribution in [3.63, 3.8) is 0 Å². The third kappa shape index (κ3) is 3.43. The second-order valence-corrected chi connectivity index (χ2v) is 5.91.